The monoisotopic (exact) mass is 292 g/mol. The molecule has 0 saturated carbocycles. The van der Waals surface area contributed by atoms with E-state index in [4.69, 9.17) is 12.2 Å². The maximum absolute atomic E-state index is 13.8. The maximum Gasteiger partial charge on any atom is 0.177 e. The number of aromatic nitrogens is 2. The molecule has 1 aromatic heterocycles. The van der Waals surface area contributed by atoms with E-state index in [1.165, 1.54) is 10.7 Å². The van der Waals surface area contributed by atoms with Crippen LogP contribution in [0, 0.1) is 10.5 Å². The first kappa shape index (κ1) is 12.8. The number of H-pyrrole nitrogens is 1. The lowest BCUT2D eigenvalue weighted by Crippen LogP contribution is -2.40. The van der Waals surface area contributed by atoms with Gasteiger partial charge in [-0.3, -0.25) is 10.1 Å². The molecule has 1 aromatic carbocycles. The summed E-state index contributed by atoms with van der Waals surface area (Å²) in [5.41, 5.74) is 6.66. The lowest BCUT2D eigenvalue weighted by atomic mass is 10.3. The average Bonchev–Trinajstić information content (AvgIpc) is 3.05. The van der Waals surface area contributed by atoms with Crippen LogP contribution in [0.4, 0.5) is 4.39 Å². The number of para-hydroxylation sites is 1. The summed E-state index contributed by atoms with van der Waals surface area (Å²) in [6, 6.07) is 6.46. The van der Waals surface area contributed by atoms with E-state index in [2.05, 4.69) is 21.3 Å². The molecule has 1 aliphatic rings. The molecule has 0 spiro atoms. The van der Waals surface area contributed by atoms with Crippen LogP contribution >= 0.6 is 12.2 Å². The van der Waals surface area contributed by atoms with Gasteiger partial charge in [0.1, 0.15) is 10.5 Å². The average molecular weight is 292 g/mol. The van der Waals surface area contributed by atoms with Gasteiger partial charge in [-0.05, 0) is 19.1 Å². The second-order valence-corrected chi connectivity index (χ2v) is 4.57. The highest BCUT2D eigenvalue weighted by Crippen LogP contribution is 2.16. The van der Waals surface area contributed by atoms with E-state index in [1.807, 2.05) is 11.9 Å². The molecule has 0 aliphatic carbocycles. The molecule has 20 heavy (non-hydrogen) atoms. The number of benzene rings is 1. The minimum absolute atomic E-state index is 0.339. The lowest BCUT2D eigenvalue weighted by molar-refractivity contribution is 0.308. The molecule has 2 aromatic rings. The predicted molar refractivity (Wildman–Crippen MR) is 76.1 cm³/mol. The summed E-state index contributed by atoms with van der Waals surface area (Å²) >= 11 is 5.41. The van der Waals surface area contributed by atoms with Crippen LogP contribution in [0.15, 0.2) is 35.6 Å². The zero-order valence-electron chi connectivity index (χ0n) is 10.7. The first-order valence-electron chi connectivity index (χ1n) is 6.14. The van der Waals surface area contributed by atoms with Crippen LogP contribution in [0.3, 0.4) is 0 Å². The van der Waals surface area contributed by atoms with Gasteiger partial charge in [0, 0.05) is 12.7 Å². The summed E-state index contributed by atoms with van der Waals surface area (Å²) in [4.78, 5) is 0. The van der Waals surface area contributed by atoms with Gasteiger partial charge in [0.2, 0.25) is 0 Å². The molecule has 0 radical (unpaired) electrons. The molecule has 0 atom stereocenters. The Morgan fingerprint density at radius 2 is 2.15 bits per heavy atom. The standard InChI is InChI=1S/C12H13FN6S/c1-2-18-11(15-16-17-18)8-7-14-19(12(8)20)10-6-4-3-5-9(10)13/h3-7,14,16-17H,2H2,1H3. The van der Waals surface area contributed by atoms with Crippen molar-refractivity contribution in [3.8, 4) is 5.69 Å². The normalized spacial score (nSPS) is 14.3. The fourth-order valence-electron chi connectivity index (χ4n) is 2.03. The van der Waals surface area contributed by atoms with Gasteiger partial charge < -0.3 is 0 Å². The van der Waals surface area contributed by atoms with Gasteiger partial charge in [0.25, 0.3) is 0 Å². The Hall–Kier alpha value is -2.19. The number of nitrogens with zero attached hydrogens (tertiary/aromatic N) is 3. The fraction of sp³-hybridized carbons (Fsp3) is 0.167. The summed E-state index contributed by atoms with van der Waals surface area (Å²) in [5, 5.41) is 8.91. The highest BCUT2D eigenvalue weighted by atomic mass is 32.1. The number of aromatic amines is 1. The number of halogens is 1. The van der Waals surface area contributed by atoms with Crippen molar-refractivity contribution in [2.45, 2.75) is 6.92 Å². The van der Waals surface area contributed by atoms with E-state index < -0.39 is 0 Å². The van der Waals surface area contributed by atoms with E-state index in [9.17, 15) is 4.39 Å². The largest absolute Gasteiger partial charge is 0.299 e. The number of hydrazone groups is 1. The van der Waals surface area contributed by atoms with Crippen LogP contribution in [0.2, 0.25) is 0 Å². The van der Waals surface area contributed by atoms with E-state index in [0.29, 0.717) is 22.7 Å². The quantitative estimate of drug-likeness (QED) is 0.753. The molecule has 2 heterocycles. The smallest absolute Gasteiger partial charge is 0.177 e. The predicted octanol–water partition coefficient (Wildman–Crippen LogP) is 1.68. The highest BCUT2D eigenvalue weighted by Gasteiger charge is 2.21. The van der Waals surface area contributed by atoms with Crippen molar-refractivity contribution in [3.63, 3.8) is 0 Å². The second kappa shape index (κ2) is 5.06. The Morgan fingerprint density at radius 3 is 2.90 bits per heavy atom. The van der Waals surface area contributed by atoms with Crippen molar-refractivity contribution in [2.24, 2.45) is 5.10 Å². The number of hydrogen-bond donors (Lipinski definition) is 3. The molecule has 0 amide bonds. The van der Waals surface area contributed by atoms with Gasteiger partial charge in [0.05, 0.1) is 11.3 Å². The molecular weight excluding hydrogens is 279 g/mol. The Morgan fingerprint density at radius 1 is 1.35 bits per heavy atom. The van der Waals surface area contributed by atoms with Crippen LogP contribution in [0.1, 0.15) is 12.5 Å². The van der Waals surface area contributed by atoms with E-state index in [0.717, 1.165) is 5.56 Å². The van der Waals surface area contributed by atoms with Crippen molar-refractivity contribution in [1.82, 2.24) is 25.9 Å². The van der Waals surface area contributed by atoms with Crippen LogP contribution in [0.5, 0.6) is 0 Å². The lowest BCUT2D eigenvalue weighted by Gasteiger charge is -2.14. The summed E-state index contributed by atoms with van der Waals surface area (Å²) in [7, 11) is 0. The van der Waals surface area contributed by atoms with Crippen molar-refractivity contribution in [3.05, 3.63) is 46.5 Å². The Balaban J connectivity index is 2.06. The molecule has 6 nitrogen and oxygen atoms in total. The molecular formula is C12H13FN6S. The summed E-state index contributed by atoms with van der Waals surface area (Å²) < 4.78 is 15.8. The van der Waals surface area contributed by atoms with Gasteiger partial charge >= 0.3 is 0 Å². The van der Waals surface area contributed by atoms with Crippen LogP contribution in [0.25, 0.3) is 5.69 Å². The van der Waals surface area contributed by atoms with Gasteiger partial charge in [-0.2, -0.15) is 0 Å². The van der Waals surface area contributed by atoms with E-state index in [1.54, 1.807) is 24.4 Å². The molecule has 0 fully saturated rings. The van der Waals surface area contributed by atoms with Crippen LogP contribution in [-0.2, 0) is 0 Å². The Bertz CT molecular complexity index is 719. The molecule has 8 heteroatoms. The molecule has 0 unspecified atom stereocenters. The van der Waals surface area contributed by atoms with Crippen LogP contribution < -0.4 is 11.1 Å². The SMILES string of the molecule is CCN1NNN=C1c1c[nH]n(-c2ccccc2F)c1=S. The second-order valence-electron chi connectivity index (χ2n) is 4.18. The maximum atomic E-state index is 13.8. The minimum Gasteiger partial charge on any atom is -0.299 e. The number of rotatable bonds is 3. The molecule has 3 N–H and O–H groups in total. The molecule has 0 saturated heterocycles. The number of hydrazine groups is 2. The van der Waals surface area contributed by atoms with Gasteiger partial charge in [0.15, 0.2) is 5.84 Å². The summed E-state index contributed by atoms with van der Waals surface area (Å²) in [5.74, 6) is 0.331. The molecule has 104 valence electrons. The highest BCUT2D eigenvalue weighted by molar-refractivity contribution is 7.71. The fourth-order valence-corrected chi connectivity index (χ4v) is 2.33. The molecule has 0 bridgehead atoms. The van der Waals surface area contributed by atoms with Gasteiger partial charge in [-0.15, -0.1) is 10.6 Å². The number of hydrogen-bond acceptors (Lipinski definition) is 5. The van der Waals surface area contributed by atoms with E-state index >= 15 is 0 Å². The summed E-state index contributed by atoms with van der Waals surface area (Å²) in [6.45, 7) is 2.70. The first-order chi connectivity index (χ1) is 9.72. The van der Waals surface area contributed by atoms with E-state index in [-0.39, 0.29) is 5.82 Å². The van der Waals surface area contributed by atoms with Gasteiger partial charge in [-0.1, -0.05) is 24.4 Å². The van der Waals surface area contributed by atoms with Crippen molar-refractivity contribution in [2.75, 3.05) is 6.54 Å². The third kappa shape index (κ3) is 1.98. The topological polar surface area (TPSA) is 60.4 Å². The Kier molecular flexibility index (Phi) is 3.25. The number of amidine groups is 1. The summed E-state index contributed by atoms with van der Waals surface area (Å²) in [6.07, 6.45) is 1.71. The van der Waals surface area contributed by atoms with Crippen molar-refractivity contribution < 1.29 is 4.39 Å². The van der Waals surface area contributed by atoms with Crippen LogP contribution in [-0.4, -0.2) is 27.2 Å². The first-order valence-corrected chi connectivity index (χ1v) is 6.54. The Labute approximate surface area is 119 Å². The minimum atomic E-state index is -0.339. The van der Waals surface area contributed by atoms with Crippen molar-refractivity contribution >= 4 is 18.1 Å². The zero-order valence-corrected chi connectivity index (χ0v) is 11.5. The number of nitrogens with one attached hydrogen (secondary N) is 3. The third-order valence-electron chi connectivity index (χ3n) is 3.02. The third-order valence-corrected chi connectivity index (χ3v) is 3.43. The molecule has 3 rings (SSSR count). The van der Waals surface area contributed by atoms with Gasteiger partial charge in [-0.25, -0.2) is 14.6 Å². The zero-order chi connectivity index (χ0) is 14.1. The van der Waals surface area contributed by atoms with Crippen molar-refractivity contribution in [1.29, 1.82) is 0 Å². The molecule has 1 aliphatic heterocycles.